The van der Waals surface area contributed by atoms with E-state index < -0.39 is 0 Å². The lowest BCUT2D eigenvalue weighted by molar-refractivity contribution is 0.799. The van der Waals surface area contributed by atoms with Crippen LogP contribution in [-0.2, 0) is 0 Å². The van der Waals surface area contributed by atoms with Gasteiger partial charge in [-0.15, -0.1) is 0 Å². The second kappa shape index (κ2) is 12.3. The van der Waals surface area contributed by atoms with E-state index in [1.807, 2.05) is 52.8 Å². The summed E-state index contributed by atoms with van der Waals surface area (Å²) in [6, 6.07) is 12.1. The molecule has 0 aliphatic heterocycles. The zero-order chi connectivity index (χ0) is 22.0. The molecule has 2 heterocycles. The van der Waals surface area contributed by atoms with Crippen molar-refractivity contribution in [3.63, 3.8) is 0 Å². The highest BCUT2D eigenvalue weighted by Crippen LogP contribution is 2.19. The van der Waals surface area contributed by atoms with Crippen LogP contribution < -0.4 is 5.14 Å². The number of imidazole rings is 2. The van der Waals surface area contributed by atoms with Gasteiger partial charge in [-0.2, -0.15) is 0 Å². The van der Waals surface area contributed by atoms with Gasteiger partial charge in [0.25, 0.3) is 0 Å². The van der Waals surface area contributed by atoms with E-state index >= 15 is 0 Å². The molecule has 0 radical (unpaired) electrons. The predicted octanol–water partition coefficient (Wildman–Crippen LogP) is 6.88. The maximum Gasteiger partial charge on any atom is 0.109 e. The molecule has 0 unspecified atom stereocenters. The maximum atomic E-state index is 5.43. The van der Waals surface area contributed by atoms with Gasteiger partial charge in [0.05, 0.1) is 22.1 Å². The van der Waals surface area contributed by atoms with Crippen LogP contribution in [0.25, 0.3) is 22.1 Å². The largest absolute Gasteiger partial charge is 0.342 e. The summed E-state index contributed by atoms with van der Waals surface area (Å²) < 4.78 is 0. The van der Waals surface area contributed by atoms with Crippen molar-refractivity contribution >= 4 is 34.0 Å². The summed E-state index contributed by atoms with van der Waals surface area (Å²) >= 11 is 1.25. The van der Waals surface area contributed by atoms with Gasteiger partial charge < -0.3 is 9.97 Å². The van der Waals surface area contributed by atoms with Crippen LogP contribution in [0.15, 0.2) is 41.3 Å². The first kappa shape index (κ1) is 24.7. The quantitative estimate of drug-likeness (QED) is 0.313. The fraction of sp³-hybridized carbons (Fsp3) is 0.391. The molecule has 4 rings (SSSR count). The van der Waals surface area contributed by atoms with Gasteiger partial charge in [0.15, 0.2) is 0 Å². The van der Waals surface area contributed by atoms with E-state index in [0.717, 1.165) is 38.6 Å². The molecule has 0 saturated heterocycles. The lowest BCUT2D eigenvalue weighted by Gasteiger charge is -1.95. The van der Waals surface area contributed by atoms with Gasteiger partial charge in [0, 0.05) is 10.8 Å². The molecular weight excluding hydrogens is 378 g/mol. The van der Waals surface area contributed by atoms with Crippen molar-refractivity contribution in [3.05, 3.63) is 53.6 Å². The van der Waals surface area contributed by atoms with E-state index in [-0.39, 0.29) is 0 Å². The number of nitrogens with two attached hydrogens (primary N) is 1. The average Bonchev–Trinajstić information content (AvgIpc) is 3.34. The number of aryl methyl sites for hydroxylation is 2. The molecule has 6 heteroatoms. The second-order valence-corrected chi connectivity index (χ2v) is 7.07. The van der Waals surface area contributed by atoms with E-state index in [9.17, 15) is 0 Å². The van der Waals surface area contributed by atoms with Crippen molar-refractivity contribution in [3.8, 4) is 0 Å². The minimum absolute atomic E-state index is 0.465. The summed E-state index contributed by atoms with van der Waals surface area (Å²) in [5.41, 5.74) is 5.52. The first-order chi connectivity index (χ1) is 14.0. The van der Waals surface area contributed by atoms with Crippen LogP contribution in [0.3, 0.4) is 0 Å². The zero-order valence-electron chi connectivity index (χ0n) is 18.9. The lowest BCUT2D eigenvalue weighted by atomic mass is 10.2. The standard InChI is InChI=1S/C11H14N2.C8H9N3S.2C2H6/c1-7(2)11-12-9-6-4-5-8(3)10(9)13-11;1-5-10-7-3-2-6(12-9)4-8(7)11-5;2*1-2/h4-7H,1-3H3,(H,12,13);2-4H,9H2,1H3,(H,10,11);2*1-2H3. The summed E-state index contributed by atoms with van der Waals surface area (Å²) in [5.74, 6) is 2.47. The van der Waals surface area contributed by atoms with Crippen molar-refractivity contribution in [2.45, 2.75) is 66.2 Å². The van der Waals surface area contributed by atoms with E-state index in [0.29, 0.717) is 5.92 Å². The molecule has 2 aromatic heterocycles. The van der Waals surface area contributed by atoms with Gasteiger partial charge in [-0.25, -0.2) is 9.97 Å². The third-order valence-electron chi connectivity index (χ3n) is 3.99. The van der Waals surface area contributed by atoms with Gasteiger partial charge in [-0.1, -0.05) is 53.7 Å². The fourth-order valence-corrected chi connectivity index (χ4v) is 2.99. The van der Waals surface area contributed by atoms with Crippen LogP contribution in [0.4, 0.5) is 0 Å². The van der Waals surface area contributed by atoms with Crippen LogP contribution in [-0.4, -0.2) is 19.9 Å². The molecule has 158 valence electrons. The van der Waals surface area contributed by atoms with Gasteiger partial charge in [0.2, 0.25) is 0 Å². The summed E-state index contributed by atoms with van der Waals surface area (Å²) in [7, 11) is 0. The Balaban J connectivity index is 0.000000248. The molecule has 0 fully saturated rings. The Morgan fingerprint density at radius 2 is 1.59 bits per heavy atom. The van der Waals surface area contributed by atoms with Crippen LogP contribution in [0.2, 0.25) is 0 Å². The first-order valence-corrected chi connectivity index (χ1v) is 11.1. The minimum atomic E-state index is 0.465. The number of nitrogens with one attached hydrogen (secondary N) is 2. The number of para-hydroxylation sites is 1. The van der Waals surface area contributed by atoms with Gasteiger partial charge in [-0.05, 0) is 55.6 Å². The highest BCUT2D eigenvalue weighted by Gasteiger charge is 2.06. The Bertz CT molecular complexity index is 1000. The number of aromatic amines is 2. The normalized spacial score (nSPS) is 10.0. The average molecular weight is 414 g/mol. The van der Waals surface area contributed by atoms with Crippen molar-refractivity contribution in [2.24, 2.45) is 5.14 Å². The number of rotatable bonds is 2. The number of benzene rings is 2. The molecule has 0 bridgehead atoms. The van der Waals surface area contributed by atoms with Crippen molar-refractivity contribution in [2.75, 3.05) is 0 Å². The fourth-order valence-electron chi connectivity index (χ4n) is 2.66. The molecule has 29 heavy (non-hydrogen) atoms. The van der Waals surface area contributed by atoms with Gasteiger partial charge in [-0.3, -0.25) is 5.14 Å². The Kier molecular flexibility index (Phi) is 10.5. The first-order valence-electron chi connectivity index (χ1n) is 10.3. The van der Waals surface area contributed by atoms with Crippen molar-refractivity contribution < 1.29 is 0 Å². The number of H-pyrrole nitrogens is 2. The minimum Gasteiger partial charge on any atom is -0.342 e. The topological polar surface area (TPSA) is 83.4 Å². The number of fused-ring (bicyclic) bond motifs is 2. The SMILES string of the molecule is CC.CC.Cc1cccc2[nH]c(C(C)C)nc12.Cc1nc2ccc(SN)cc2[nH]1. The van der Waals surface area contributed by atoms with Crippen LogP contribution in [0, 0.1) is 13.8 Å². The van der Waals surface area contributed by atoms with Gasteiger partial charge in [0.1, 0.15) is 11.6 Å². The molecule has 0 aliphatic rings. The van der Waals surface area contributed by atoms with Gasteiger partial charge >= 0.3 is 0 Å². The monoisotopic (exact) mass is 413 g/mol. The highest BCUT2D eigenvalue weighted by atomic mass is 32.2. The Hall–Kier alpha value is -2.31. The Morgan fingerprint density at radius 1 is 0.897 bits per heavy atom. The molecule has 5 nitrogen and oxygen atoms in total. The number of hydrogen-bond acceptors (Lipinski definition) is 4. The molecule has 0 aliphatic carbocycles. The molecule has 2 aromatic carbocycles. The molecule has 4 aromatic rings. The lowest BCUT2D eigenvalue weighted by Crippen LogP contribution is -1.88. The maximum absolute atomic E-state index is 5.43. The molecule has 0 saturated carbocycles. The molecule has 0 amide bonds. The summed E-state index contributed by atoms with van der Waals surface area (Å²) in [4.78, 5) is 16.4. The predicted molar refractivity (Wildman–Crippen MR) is 128 cm³/mol. The van der Waals surface area contributed by atoms with E-state index in [2.05, 4.69) is 58.9 Å². The van der Waals surface area contributed by atoms with E-state index in [1.165, 1.54) is 17.5 Å². The third-order valence-corrected chi connectivity index (χ3v) is 4.51. The number of nitrogens with zero attached hydrogens (tertiary/aromatic N) is 2. The molecular formula is C23H35N5S. The second-order valence-electron chi connectivity index (χ2n) is 6.37. The van der Waals surface area contributed by atoms with Crippen LogP contribution in [0.5, 0.6) is 0 Å². The van der Waals surface area contributed by atoms with Crippen LogP contribution >= 0.6 is 11.9 Å². The smallest absolute Gasteiger partial charge is 0.109 e. The van der Waals surface area contributed by atoms with Crippen molar-refractivity contribution in [1.29, 1.82) is 0 Å². The Labute approximate surface area is 179 Å². The Morgan fingerprint density at radius 3 is 2.17 bits per heavy atom. The highest BCUT2D eigenvalue weighted by molar-refractivity contribution is 7.97. The molecule has 4 N–H and O–H groups in total. The van der Waals surface area contributed by atoms with E-state index in [1.54, 1.807) is 0 Å². The summed E-state index contributed by atoms with van der Waals surface area (Å²) in [6.07, 6.45) is 0. The van der Waals surface area contributed by atoms with E-state index in [4.69, 9.17) is 5.14 Å². The number of hydrogen-bond donors (Lipinski definition) is 3. The summed E-state index contributed by atoms with van der Waals surface area (Å²) in [5, 5.41) is 5.43. The number of aromatic nitrogens is 4. The zero-order valence-corrected chi connectivity index (χ0v) is 19.7. The summed E-state index contributed by atoms with van der Waals surface area (Å²) in [6.45, 7) is 16.3. The van der Waals surface area contributed by atoms with Crippen molar-refractivity contribution in [1.82, 2.24) is 19.9 Å². The third kappa shape index (κ3) is 6.61. The molecule has 0 atom stereocenters. The molecule has 0 spiro atoms. The van der Waals surface area contributed by atoms with Crippen LogP contribution in [0.1, 0.15) is 64.7 Å².